The molecule has 1 aromatic carbocycles. The molecule has 1 N–H and O–H groups in total. The molecule has 0 saturated carbocycles. The van der Waals surface area contributed by atoms with E-state index >= 15 is 0 Å². The van der Waals surface area contributed by atoms with Gasteiger partial charge in [-0.15, -0.1) is 11.3 Å². The van der Waals surface area contributed by atoms with Crippen LogP contribution < -0.4 is 5.32 Å². The van der Waals surface area contributed by atoms with Crippen molar-refractivity contribution in [3.8, 4) is 0 Å². The molecule has 0 aliphatic heterocycles. The Morgan fingerprint density at radius 1 is 1.35 bits per heavy atom. The summed E-state index contributed by atoms with van der Waals surface area (Å²) in [5.41, 5.74) is 1.17. The van der Waals surface area contributed by atoms with Gasteiger partial charge in [0, 0.05) is 11.1 Å². The van der Waals surface area contributed by atoms with Gasteiger partial charge in [0.05, 0.1) is 22.6 Å². The first kappa shape index (κ1) is 17.7. The Bertz CT molecular complexity index is 720. The summed E-state index contributed by atoms with van der Waals surface area (Å²) in [6.45, 7) is 7.79. The Morgan fingerprint density at radius 3 is 2.74 bits per heavy atom. The number of hydrogen-bond acceptors (Lipinski definition) is 6. The standard InChI is InChI=1S/C16H20N2O3S2/c1-5-21-13(19)9-22-15-18-11-7-6-10(8-12(11)23-15)17-14(20)16(2,3)4/h6-8H,5,9H2,1-4H3,(H,17,20). The van der Waals surface area contributed by atoms with Crippen LogP contribution in [0.3, 0.4) is 0 Å². The van der Waals surface area contributed by atoms with Crippen molar-refractivity contribution >= 4 is 50.9 Å². The smallest absolute Gasteiger partial charge is 0.316 e. The summed E-state index contributed by atoms with van der Waals surface area (Å²) in [5.74, 6) is -0.0190. The van der Waals surface area contributed by atoms with Crippen LogP contribution in [-0.2, 0) is 14.3 Å². The molecule has 5 nitrogen and oxygen atoms in total. The van der Waals surface area contributed by atoms with Crippen molar-refractivity contribution in [2.24, 2.45) is 5.41 Å². The number of ether oxygens (including phenoxy) is 1. The first-order chi connectivity index (χ1) is 10.8. The third-order valence-electron chi connectivity index (χ3n) is 2.93. The first-order valence-electron chi connectivity index (χ1n) is 7.30. The van der Waals surface area contributed by atoms with Crippen molar-refractivity contribution in [2.75, 3.05) is 17.7 Å². The van der Waals surface area contributed by atoms with Crippen molar-refractivity contribution < 1.29 is 14.3 Å². The molecule has 1 amide bonds. The van der Waals surface area contributed by atoms with Crippen LogP contribution in [0.1, 0.15) is 27.7 Å². The van der Waals surface area contributed by atoms with E-state index in [9.17, 15) is 9.59 Å². The lowest BCUT2D eigenvalue weighted by Crippen LogP contribution is -2.27. The fraction of sp³-hybridized carbons (Fsp3) is 0.438. The molecule has 2 aromatic rings. The highest BCUT2D eigenvalue weighted by molar-refractivity contribution is 8.01. The summed E-state index contributed by atoms with van der Waals surface area (Å²) < 4.78 is 6.69. The molecule has 0 bridgehead atoms. The number of benzene rings is 1. The number of fused-ring (bicyclic) bond motifs is 1. The SMILES string of the molecule is CCOC(=O)CSc1nc2ccc(NC(=O)C(C)(C)C)cc2s1. The summed E-state index contributed by atoms with van der Waals surface area (Å²) in [4.78, 5) is 27.9. The monoisotopic (exact) mass is 352 g/mol. The van der Waals surface area contributed by atoms with Crippen molar-refractivity contribution in [2.45, 2.75) is 32.0 Å². The van der Waals surface area contributed by atoms with Gasteiger partial charge in [-0.25, -0.2) is 4.98 Å². The Labute approximate surface area is 143 Å². The average Bonchev–Trinajstić information content (AvgIpc) is 2.86. The number of hydrogen-bond donors (Lipinski definition) is 1. The van der Waals surface area contributed by atoms with Gasteiger partial charge in [-0.2, -0.15) is 0 Å². The topological polar surface area (TPSA) is 68.3 Å². The molecule has 0 aliphatic rings. The second kappa shape index (κ2) is 7.31. The van der Waals surface area contributed by atoms with E-state index in [0.29, 0.717) is 6.61 Å². The fourth-order valence-electron chi connectivity index (χ4n) is 1.68. The Balaban J connectivity index is 2.08. The van der Waals surface area contributed by atoms with Crippen molar-refractivity contribution in [3.05, 3.63) is 18.2 Å². The number of anilines is 1. The van der Waals surface area contributed by atoms with Crippen LogP contribution in [0.5, 0.6) is 0 Å². The minimum Gasteiger partial charge on any atom is -0.465 e. The van der Waals surface area contributed by atoms with E-state index in [1.807, 2.05) is 39.0 Å². The number of esters is 1. The molecule has 0 radical (unpaired) electrons. The molecule has 0 spiro atoms. The molecular weight excluding hydrogens is 332 g/mol. The second-order valence-electron chi connectivity index (χ2n) is 5.96. The van der Waals surface area contributed by atoms with Crippen LogP contribution in [0.4, 0.5) is 5.69 Å². The zero-order chi connectivity index (χ0) is 17.0. The predicted octanol–water partition coefficient (Wildman–Crippen LogP) is 3.94. The fourth-order valence-corrected chi connectivity index (χ4v) is 3.59. The lowest BCUT2D eigenvalue weighted by Gasteiger charge is -2.17. The molecule has 1 heterocycles. The minimum atomic E-state index is -0.441. The van der Waals surface area contributed by atoms with Crippen molar-refractivity contribution in [1.29, 1.82) is 0 Å². The molecule has 0 fully saturated rings. The number of carbonyl (C=O) groups is 2. The number of thiazole rings is 1. The number of rotatable bonds is 5. The molecule has 1 aromatic heterocycles. The lowest BCUT2D eigenvalue weighted by atomic mass is 9.95. The third-order valence-corrected chi connectivity index (χ3v) is 5.06. The maximum Gasteiger partial charge on any atom is 0.316 e. The normalized spacial score (nSPS) is 11.5. The molecular formula is C16H20N2O3S2. The van der Waals surface area contributed by atoms with Crippen LogP contribution >= 0.6 is 23.1 Å². The van der Waals surface area contributed by atoms with Crippen molar-refractivity contribution in [1.82, 2.24) is 4.98 Å². The maximum atomic E-state index is 12.0. The van der Waals surface area contributed by atoms with E-state index in [2.05, 4.69) is 10.3 Å². The van der Waals surface area contributed by atoms with Gasteiger partial charge in [-0.05, 0) is 25.1 Å². The number of thioether (sulfide) groups is 1. The maximum absolute atomic E-state index is 12.0. The molecule has 0 aliphatic carbocycles. The number of aromatic nitrogens is 1. The number of amides is 1. The number of nitrogens with zero attached hydrogens (tertiary/aromatic N) is 1. The Morgan fingerprint density at radius 2 is 2.09 bits per heavy atom. The van der Waals surface area contributed by atoms with Gasteiger partial charge in [-0.3, -0.25) is 9.59 Å². The van der Waals surface area contributed by atoms with E-state index in [-0.39, 0.29) is 17.6 Å². The third kappa shape index (κ3) is 4.94. The van der Waals surface area contributed by atoms with Gasteiger partial charge in [0.15, 0.2) is 4.34 Å². The quantitative estimate of drug-likeness (QED) is 0.652. The van der Waals surface area contributed by atoms with Crippen molar-refractivity contribution in [3.63, 3.8) is 0 Å². The summed E-state index contributed by atoms with van der Waals surface area (Å²) >= 11 is 2.86. The van der Waals surface area contributed by atoms with Gasteiger partial charge < -0.3 is 10.1 Å². The molecule has 0 saturated heterocycles. The van der Waals surface area contributed by atoms with Gasteiger partial charge in [0.2, 0.25) is 5.91 Å². The molecule has 23 heavy (non-hydrogen) atoms. The van der Waals surface area contributed by atoms with Gasteiger partial charge in [0.1, 0.15) is 0 Å². The van der Waals surface area contributed by atoms with E-state index in [1.165, 1.54) is 23.1 Å². The highest BCUT2D eigenvalue weighted by atomic mass is 32.2. The van der Waals surface area contributed by atoms with E-state index in [4.69, 9.17) is 4.74 Å². The molecule has 124 valence electrons. The lowest BCUT2D eigenvalue weighted by molar-refractivity contribution is -0.139. The van der Waals surface area contributed by atoms with E-state index in [1.54, 1.807) is 6.92 Å². The van der Waals surface area contributed by atoms with Gasteiger partial charge in [0.25, 0.3) is 0 Å². The number of nitrogens with one attached hydrogen (secondary N) is 1. The van der Waals surface area contributed by atoms with Crippen LogP contribution in [0.2, 0.25) is 0 Å². The summed E-state index contributed by atoms with van der Waals surface area (Å²) in [6, 6.07) is 5.62. The van der Waals surface area contributed by atoms with Gasteiger partial charge >= 0.3 is 5.97 Å². The average molecular weight is 352 g/mol. The zero-order valence-electron chi connectivity index (χ0n) is 13.6. The van der Waals surface area contributed by atoms with Crippen LogP contribution in [0, 0.1) is 5.41 Å². The summed E-state index contributed by atoms with van der Waals surface area (Å²) in [6.07, 6.45) is 0. The summed E-state index contributed by atoms with van der Waals surface area (Å²) in [7, 11) is 0. The molecule has 2 rings (SSSR count). The van der Waals surface area contributed by atoms with Crippen LogP contribution in [0.15, 0.2) is 22.5 Å². The molecule has 0 atom stereocenters. The molecule has 7 heteroatoms. The van der Waals surface area contributed by atoms with E-state index in [0.717, 1.165) is 20.2 Å². The van der Waals surface area contributed by atoms with Crippen LogP contribution in [-0.4, -0.2) is 29.2 Å². The Kier molecular flexibility index (Phi) is 5.64. The molecule has 0 unspecified atom stereocenters. The first-order valence-corrected chi connectivity index (χ1v) is 9.10. The number of carbonyl (C=O) groups excluding carboxylic acids is 2. The van der Waals surface area contributed by atoms with Gasteiger partial charge in [-0.1, -0.05) is 32.5 Å². The zero-order valence-corrected chi connectivity index (χ0v) is 15.3. The highest BCUT2D eigenvalue weighted by Gasteiger charge is 2.21. The van der Waals surface area contributed by atoms with E-state index < -0.39 is 5.41 Å². The Hall–Kier alpha value is -1.60. The largest absolute Gasteiger partial charge is 0.465 e. The van der Waals surface area contributed by atoms with Crippen LogP contribution in [0.25, 0.3) is 10.2 Å². The second-order valence-corrected chi connectivity index (χ2v) is 8.21. The predicted molar refractivity (Wildman–Crippen MR) is 95.1 cm³/mol. The summed E-state index contributed by atoms with van der Waals surface area (Å²) in [5, 5.41) is 2.91. The highest BCUT2D eigenvalue weighted by Crippen LogP contribution is 2.31. The minimum absolute atomic E-state index is 0.0294.